The second-order valence-electron chi connectivity index (χ2n) is 7.98. The molecule has 0 bridgehead atoms. The highest BCUT2D eigenvalue weighted by molar-refractivity contribution is 7.98. The van der Waals surface area contributed by atoms with E-state index in [9.17, 15) is 18.0 Å². The maximum atomic E-state index is 13.2. The van der Waals surface area contributed by atoms with Crippen LogP contribution in [0.15, 0.2) is 35.2 Å². The fourth-order valence-corrected chi connectivity index (χ4v) is 5.42. The number of nitrogens with zero attached hydrogens (tertiary/aromatic N) is 2. The van der Waals surface area contributed by atoms with Gasteiger partial charge >= 0.3 is 0 Å². The molecule has 0 aromatic heterocycles. The number of nitrogens with one attached hydrogen (secondary N) is 1. The molecule has 2 rings (SSSR count). The molecule has 2 amide bonds. The minimum Gasteiger partial charge on any atom is -0.346 e. The van der Waals surface area contributed by atoms with Crippen LogP contribution in [0.2, 0.25) is 0 Å². The number of unbranched alkanes of at least 4 members (excludes halogenated alkanes) is 1. The van der Waals surface area contributed by atoms with Gasteiger partial charge in [0.05, 0.1) is 4.90 Å². The van der Waals surface area contributed by atoms with Gasteiger partial charge in [-0.1, -0.05) is 31.5 Å². The summed E-state index contributed by atoms with van der Waals surface area (Å²) >= 11 is 1.57. The van der Waals surface area contributed by atoms with Crippen molar-refractivity contribution in [2.45, 2.75) is 50.0 Å². The number of hydrogen-bond acceptors (Lipinski definition) is 5. The van der Waals surface area contributed by atoms with Gasteiger partial charge in [-0.25, -0.2) is 8.42 Å². The molecule has 9 heteroatoms. The number of rotatable bonds is 11. The Kier molecular flexibility index (Phi) is 10.3. The molecular weight excluding hydrogens is 434 g/mol. The highest BCUT2D eigenvalue weighted by Crippen LogP contribution is 2.21. The lowest BCUT2D eigenvalue weighted by molar-refractivity contribution is -0.140. The van der Waals surface area contributed by atoms with Crippen molar-refractivity contribution >= 4 is 33.6 Å². The van der Waals surface area contributed by atoms with E-state index >= 15 is 0 Å². The predicted octanol–water partition coefficient (Wildman–Crippen LogP) is 2.58. The Morgan fingerprint density at radius 1 is 1.23 bits per heavy atom. The first-order valence-electron chi connectivity index (χ1n) is 10.9. The molecule has 1 atom stereocenters. The van der Waals surface area contributed by atoms with Crippen LogP contribution in [0.3, 0.4) is 0 Å². The zero-order valence-electron chi connectivity index (χ0n) is 18.7. The lowest BCUT2D eigenvalue weighted by atomic mass is 9.94. The van der Waals surface area contributed by atoms with E-state index in [1.54, 1.807) is 39.8 Å². The summed E-state index contributed by atoms with van der Waals surface area (Å²) in [5, 5.41) is 0. The monoisotopic (exact) mass is 469 g/mol. The summed E-state index contributed by atoms with van der Waals surface area (Å²) < 4.78 is 28.1. The Labute approximate surface area is 191 Å². The fourth-order valence-electron chi connectivity index (χ4n) is 3.71. The number of sulfonamides is 1. The summed E-state index contributed by atoms with van der Waals surface area (Å²) in [5.41, 5.74) is 0. The SMILES string of the molecule is CCCCN(C)C(=O)C1CCN(C(=O)C(CCSC)NS(=O)(=O)c2ccccc2)CC1. The topological polar surface area (TPSA) is 86.8 Å². The number of benzene rings is 1. The third-order valence-electron chi connectivity index (χ3n) is 5.64. The smallest absolute Gasteiger partial charge is 0.241 e. The lowest BCUT2D eigenvalue weighted by Gasteiger charge is -2.35. The normalized spacial score (nSPS) is 16.2. The van der Waals surface area contributed by atoms with Gasteiger partial charge in [0.2, 0.25) is 21.8 Å². The van der Waals surface area contributed by atoms with Gasteiger partial charge in [-0.2, -0.15) is 16.5 Å². The first-order valence-corrected chi connectivity index (χ1v) is 13.8. The Hall–Kier alpha value is -1.58. The van der Waals surface area contributed by atoms with E-state index in [0.29, 0.717) is 38.1 Å². The molecule has 0 aliphatic carbocycles. The van der Waals surface area contributed by atoms with Gasteiger partial charge in [-0.05, 0) is 49.8 Å². The number of thioether (sulfide) groups is 1. The number of piperidine rings is 1. The summed E-state index contributed by atoms with van der Waals surface area (Å²) in [7, 11) is -1.95. The minimum absolute atomic E-state index is 0.0726. The number of hydrogen-bond donors (Lipinski definition) is 1. The van der Waals surface area contributed by atoms with Crippen LogP contribution in [0.5, 0.6) is 0 Å². The molecule has 1 saturated heterocycles. The molecule has 1 aromatic carbocycles. The second-order valence-corrected chi connectivity index (χ2v) is 10.7. The maximum absolute atomic E-state index is 13.2. The molecule has 31 heavy (non-hydrogen) atoms. The molecule has 1 aliphatic heterocycles. The summed E-state index contributed by atoms with van der Waals surface area (Å²) in [4.78, 5) is 29.4. The van der Waals surface area contributed by atoms with Crippen LogP contribution in [0.4, 0.5) is 0 Å². The van der Waals surface area contributed by atoms with Crippen molar-refractivity contribution in [2.24, 2.45) is 5.92 Å². The molecule has 1 fully saturated rings. The van der Waals surface area contributed by atoms with Crippen LogP contribution >= 0.6 is 11.8 Å². The molecule has 1 heterocycles. The van der Waals surface area contributed by atoms with Crippen molar-refractivity contribution in [1.29, 1.82) is 0 Å². The first kappa shape index (κ1) is 25.7. The van der Waals surface area contributed by atoms with Gasteiger partial charge in [0, 0.05) is 32.6 Å². The largest absolute Gasteiger partial charge is 0.346 e. The average molecular weight is 470 g/mol. The van der Waals surface area contributed by atoms with Crippen LogP contribution in [-0.4, -0.2) is 74.8 Å². The predicted molar refractivity (Wildman–Crippen MR) is 125 cm³/mol. The fraction of sp³-hybridized carbons (Fsp3) is 0.636. The molecule has 1 N–H and O–H groups in total. The van der Waals surface area contributed by atoms with Gasteiger partial charge in [-0.3, -0.25) is 9.59 Å². The van der Waals surface area contributed by atoms with Crippen LogP contribution in [0.1, 0.15) is 39.0 Å². The summed E-state index contributed by atoms with van der Waals surface area (Å²) in [6.07, 6.45) is 5.60. The molecule has 7 nitrogen and oxygen atoms in total. The highest BCUT2D eigenvalue weighted by Gasteiger charge is 2.33. The third kappa shape index (κ3) is 7.50. The number of carbonyl (C=O) groups is 2. The third-order valence-corrected chi connectivity index (χ3v) is 7.77. The quantitative estimate of drug-likeness (QED) is 0.538. The molecule has 0 saturated carbocycles. The molecule has 1 aliphatic rings. The van der Waals surface area contributed by atoms with Crippen molar-refractivity contribution in [3.05, 3.63) is 30.3 Å². The van der Waals surface area contributed by atoms with E-state index in [1.807, 2.05) is 13.3 Å². The average Bonchev–Trinajstić information content (AvgIpc) is 2.79. The van der Waals surface area contributed by atoms with Crippen molar-refractivity contribution in [3.63, 3.8) is 0 Å². The molecular formula is C22H35N3O4S2. The number of amides is 2. The second kappa shape index (κ2) is 12.5. The van der Waals surface area contributed by atoms with E-state index in [-0.39, 0.29) is 22.6 Å². The molecule has 174 valence electrons. The van der Waals surface area contributed by atoms with Crippen molar-refractivity contribution in [2.75, 3.05) is 38.7 Å². The Morgan fingerprint density at radius 3 is 2.45 bits per heavy atom. The summed E-state index contributed by atoms with van der Waals surface area (Å²) in [5.74, 6) is 0.532. The van der Waals surface area contributed by atoms with Crippen LogP contribution in [-0.2, 0) is 19.6 Å². The van der Waals surface area contributed by atoms with Crippen LogP contribution in [0, 0.1) is 5.92 Å². The van der Waals surface area contributed by atoms with E-state index in [0.717, 1.165) is 19.4 Å². The van der Waals surface area contributed by atoms with Gasteiger partial charge in [0.15, 0.2) is 0 Å². The first-order chi connectivity index (χ1) is 14.8. The van der Waals surface area contributed by atoms with Gasteiger partial charge in [-0.15, -0.1) is 0 Å². The highest BCUT2D eigenvalue weighted by atomic mass is 32.2. The zero-order chi connectivity index (χ0) is 22.9. The van der Waals surface area contributed by atoms with Crippen LogP contribution < -0.4 is 4.72 Å². The van der Waals surface area contributed by atoms with Gasteiger partial charge in [0.1, 0.15) is 6.04 Å². The van der Waals surface area contributed by atoms with E-state index in [4.69, 9.17) is 0 Å². The van der Waals surface area contributed by atoms with Crippen LogP contribution in [0.25, 0.3) is 0 Å². The Bertz CT molecular complexity index is 809. The Morgan fingerprint density at radius 2 is 1.87 bits per heavy atom. The molecule has 0 radical (unpaired) electrons. The Balaban J connectivity index is 2.00. The maximum Gasteiger partial charge on any atom is 0.241 e. The zero-order valence-corrected chi connectivity index (χ0v) is 20.4. The summed E-state index contributed by atoms with van der Waals surface area (Å²) in [6.45, 7) is 3.80. The summed E-state index contributed by atoms with van der Waals surface area (Å²) in [6, 6.07) is 7.30. The lowest BCUT2D eigenvalue weighted by Crippen LogP contribution is -2.52. The van der Waals surface area contributed by atoms with E-state index < -0.39 is 16.1 Å². The van der Waals surface area contributed by atoms with Crippen molar-refractivity contribution < 1.29 is 18.0 Å². The van der Waals surface area contributed by atoms with Crippen molar-refractivity contribution in [3.8, 4) is 0 Å². The van der Waals surface area contributed by atoms with Gasteiger partial charge < -0.3 is 9.80 Å². The molecule has 1 aromatic rings. The van der Waals surface area contributed by atoms with Gasteiger partial charge in [0.25, 0.3) is 0 Å². The minimum atomic E-state index is -3.79. The van der Waals surface area contributed by atoms with E-state index in [2.05, 4.69) is 11.6 Å². The van der Waals surface area contributed by atoms with Crippen molar-refractivity contribution in [1.82, 2.24) is 14.5 Å². The standard InChI is InChI=1S/C22H35N3O4S2/c1-4-5-14-24(2)21(26)18-11-15-25(16-12-18)22(27)20(13-17-30-3)23-31(28,29)19-9-7-6-8-10-19/h6-10,18,20,23H,4-5,11-17H2,1-3H3. The van der Waals surface area contributed by atoms with E-state index in [1.165, 1.54) is 12.1 Å². The number of likely N-dealkylation sites (tertiary alicyclic amines) is 1. The molecule has 1 unspecified atom stereocenters. The number of carbonyl (C=O) groups excluding carboxylic acids is 2. The molecule has 0 spiro atoms.